The van der Waals surface area contributed by atoms with Crippen molar-refractivity contribution in [3.05, 3.63) is 59.7 Å². The van der Waals surface area contributed by atoms with Crippen LogP contribution >= 0.6 is 0 Å². The van der Waals surface area contributed by atoms with Crippen LogP contribution in [0.3, 0.4) is 0 Å². The average Bonchev–Trinajstić information content (AvgIpc) is 3.19. The molecule has 2 aromatic carbocycles. The molecule has 1 fully saturated rings. The highest BCUT2D eigenvalue weighted by molar-refractivity contribution is 5.85. The van der Waals surface area contributed by atoms with Crippen LogP contribution in [0.4, 0.5) is 4.79 Å². The maximum absolute atomic E-state index is 12.8. The Labute approximate surface area is 205 Å². The molecule has 0 bridgehead atoms. The summed E-state index contributed by atoms with van der Waals surface area (Å²) in [5, 5.41) is 14.7. The second-order valence-electron chi connectivity index (χ2n) is 9.17. The van der Waals surface area contributed by atoms with Crippen molar-refractivity contribution in [2.75, 3.05) is 13.2 Å². The summed E-state index contributed by atoms with van der Waals surface area (Å²) < 4.78 is 5.60. The molecular weight excluding hydrogens is 444 g/mol. The standard InChI is InChI=1S/C28H30N2O5/c1-2-9-25(27(32)33)30-26(31)19-11-4-3-10-18(19)16-29-28(34)35-17-24-22-14-7-5-12-20(22)21-13-6-8-15-23(21)24/h1,5-8,12-15,18-19,24-25H,3-4,9-11,16-17H2,(H,29,34)(H,30,31)(H,32,33)/t18-,19-,25?/m0/s1. The first kappa shape index (κ1) is 24.3. The number of rotatable bonds is 8. The minimum Gasteiger partial charge on any atom is -0.480 e. The molecule has 4 rings (SSSR count). The van der Waals surface area contributed by atoms with E-state index in [9.17, 15) is 19.5 Å². The van der Waals surface area contributed by atoms with Crippen LogP contribution in [0.5, 0.6) is 0 Å². The summed E-state index contributed by atoms with van der Waals surface area (Å²) in [6, 6.07) is 15.2. The molecule has 0 saturated heterocycles. The normalized spacial score (nSPS) is 19.5. The fourth-order valence-electron chi connectivity index (χ4n) is 5.26. The molecule has 0 aromatic heterocycles. The smallest absolute Gasteiger partial charge is 0.407 e. The molecule has 2 aliphatic carbocycles. The fraction of sp³-hybridized carbons (Fsp3) is 0.393. The van der Waals surface area contributed by atoms with E-state index in [4.69, 9.17) is 11.2 Å². The predicted molar refractivity (Wildman–Crippen MR) is 132 cm³/mol. The zero-order valence-electron chi connectivity index (χ0n) is 19.5. The number of carbonyl (C=O) groups is 3. The number of terminal acetylenes is 1. The van der Waals surface area contributed by atoms with Gasteiger partial charge in [-0.25, -0.2) is 9.59 Å². The van der Waals surface area contributed by atoms with Crippen LogP contribution in [0, 0.1) is 24.2 Å². The Morgan fingerprint density at radius 2 is 1.66 bits per heavy atom. The van der Waals surface area contributed by atoms with Crippen LogP contribution in [-0.4, -0.2) is 42.3 Å². The molecule has 35 heavy (non-hydrogen) atoms. The molecule has 2 amide bonds. The molecule has 2 aromatic rings. The van der Waals surface area contributed by atoms with E-state index in [-0.39, 0.29) is 36.7 Å². The van der Waals surface area contributed by atoms with E-state index >= 15 is 0 Å². The van der Waals surface area contributed by atoms with Gasteiger partial charge in [0.15, 0.2) is 0 Å². The lowest BCUT2D eigenvalue weighted by Gasteiger charge is -2.31. The van der Waals surface area contributed by atoms with Crippen LogP contribution in [0.1, 0.15) is 49.1 Å². The van der Waals surface area contributed by atoms with Crippen LogP contribution in [0.15, 0.2) is 48.5 Å². The molecule has 182 valence electrons. The van der Waals surface area contributed by atoms with E-state index in [1.165, 1.54) is 0 Å². The van der Waals surface area contributed by atoms with Crippen LogP contribution in [-0.2, 0) is 14.3 Å². The third-order valence-corrected chi connectivity index (χ3v) is 7.03. The Balaban J connectivity index is 1.33. The summed E-state index contributed by atoms with van der Waals surface area (Å²) in [7, 11) is 0. The van der Waals surface area contributed by atoms with Crippen molar-refractivity contribution in [1.29, 1.82) is 0 Å². The number of alkyl carbamates (subject to hydrolysis) is 1. The van der Waals surface area contributed by atoms with Gasteiger partial charge in [0.1, 0.15) is 12.6 Å². The van der Waals surface area contributed by atoms with E-state index in [0.29, 0.717) is 13.0 Å². The predicted octanol–water partition coefficient (Wildman–Crippen LogP) is 3.92. The van der Waals surface area contributed by atoms with E-state index in [2.05, 4.69) is 40.8 Å². The molecular formula is C28H30N2O5. The number of hydrogen-bond donors (Lipinski definition) is 3. The van der Waals surface area contributed by atoms with Crippen LogP contribution in [0.25, 0.3) is 11.1 Å². The Morgan fingerprint density at radius 3 is 2.29 bits per heavy atom. The first-order chi connectivity index (χ1) is 17.0. The van der Waals surface area contributed by atoms with Crippen molar-refractivity contribution in [2.45, 2.75) is 44.1 Å². The Hall–Kier alpha value is -3.79. The number of nitrogens with one attached hydrogen (secondary N) is 2. The number of ether oxygens (including phenoxy) is 1. The van der Waals surface area contributed by atoms with E-state index in [1.54, 1.807) is 0 Å². The second kappa shape index (κ2) is 11.1. The van der Waals surface area contributed by atoms with E-state index in [0.717, 1.165) is 41.5 Å². The summed E-state index contributed by atoms with van der Waals surface area (Å²) in [5.41, 5.74) is 4.62. The lowest BCUT2D eigenvalue weighted by Crippen LogP contribution is -2.47. The average molecular weight is 475 g/mol. The maximum atomic E-state index is 12.8. The molecule has 0 heterocycles. The summed E-state index contributed by atoms with van der Waals surface area (Å²) in [4.78, 5) is 36.7. The van der Waals surface area contributed by atoms with Crippen molar-refractivity contribution in [3.8, 4) is 23.5 Å². The van der Waals surface area contributed by atoms with Gasteiger partial charge in [0.2, 0.25) is 5.91 Å². The first-order valence-corrected chi connectivity index (χ1v) is 12.0. The second-order valence-corrected chi connectivity index (χ2v) is 9.17. The Morgan fingerprint density at radius 1 is 1.03 bits per heavy atom. The van der Waals surface area contributed by atoms with Crippen molar-refractivity contribution >= 4 is 18.0 Å². The zero-order valence-corrected chi connectivity index (χ0v) is 19.5. The molecule has 0 spiro atoms. The number of carboxylic acids is 1. The number of carboxylic acid groups (broad SMARTS) is 1. The molecule has 1 unspecified atom stereocenters. The summed E-state index contributed by atoms with van der Waals surface area (Å²) in [5.74, 6) is 0.316. The Kier molecular flexibility index (Phi) is 7.71. The number of benzene rings is 2. The Bertz CT molecular complexity index is 1090. The van der Waals surface area contributed by atoms with E-state index < -0.39 is 18.1 Å². The van der Waals surface area contributed by atoms with Crippen LogP contribution in [0.2, 0.25) is 0 Å². The molecule has 3 atom stereocenters. The van der Waals surface area contributed by atoms with Gasteiger partial charge in [0.05, 0.1) is 0 Å². The van der Waals surface area contributed by atoms with Gasteiger partial charge in [0, 0.05) is 24.8 Å². The minimum atomic E-state index is -1.15. The molecule has 1 saturated carbocycles. The molecule has 0 aliphatic heterocycles. The highest BCUT2D eigenvalue weighted by atomic mass is 16.5. The fourth-order valence-corrected chi connectivity index (χ4v) is 5.26. The summed E-state index contributed by atoms with van der Waals surface area (Å²) in [6.07, 6.45) is 7.89. The minimum absolute atomic E-state index is 0.0227. The molecule has 2 aliphatic rings. The summed E-state index contributed by atoms with van der Waals surface area (Å²) in [6.45, 7) is 0.516. The third-order valence-electron chi connectivity index (χ3n) is 7.03. The van der Waals surface area contributed by atoms with E-state index in [1.807, 2.05) is 24.3 Å². The maximum Gasteiger partial charge on any atom is 0.407 e. The zero-order chi connectivity index (χ0) is 24.8. The van der Waals surface area contributed by atoms with Gasteiger partial charge < -0.3 is 20.5 Å². The van der Waals surface area contributed by atoms with Crippen LogP contribution < -0.4 is 10.6 Å². The van der Waals surface area contributed by atoms with Crippen molar-refractivity contribution in [3.63, 3.8) is 0 Å². The van der Waals surface area contributed by atoms with Crippen molar-refractivity contribution in [1.82, 2.24) is 10.6 Å². The number of hydrogen-bond acceptors (Lipinski definition) is 4. The molecule has 0 radical (unpaired) electrons. The number of amides is 2. The third kappa shape index (κ3) is 5.48. The van der Waals surface area contributed by atoms with Gasteiger partial charge >= 0.3 is 12.1 Å². The van der Waals surface area contributed by atoms with Gasteiger partial charge in [-0.3, -0.25) is 4.79 Å². The lowest BCUT2D eigenvalue weighted by atomic mass is 9.78. The molecule has 3 N–H and O–H groups in total. The highest BCUT2D eigenvalue weighted by Gasteiger charge is 2.34. The first-order valence-electron chi connectivity index (χ1n) is 12.0. The molecule has 7 heteroatoms. The van der Waals surface area contributed by atoms with Crippen molar-refractivity contribution in [2.24, 2.45) is 11.8 Å². The highest BCUT2D eigenvalue weighted by Crippen LogP contribution is 2.44. The quantitative estimate of drug-likeness (QED) is 0.503. The largest absolute Gasteiger partial charge is 0.480 e. The van der Waals surface area contributed by atoms with Gasteiger partial charge in [-0.1, -0.05) is 61.4 Å². The monoisotopic (exact) mass is 474 g/mol. The lowest BCUT2D eigenvalue weighted by molar-refractivity contribution is -0.142. The van der Waals surface area contributed by atoms with Gasteiger partial charge in [-0.2, -0.15) is 0 Å². The molecule has 7 nitrogen and oxygen atoms in total. The van der Waals surface area contributed by atoms with Crippen molar-refractivity contribution < 1.29 is 24.2 Å². The van der Waals surface area contributed by atoms with Gasteiger partial charge in [0.25, 0.3) is 0 Å². The van der Waals surface area contributed by atoms with Gasteiger partial charge in [-0.05, 0) is 41.0 Å². The number of aliphatic carboxylic acids is 1. The van der Waals surface area contributed by atoms with Gasteiger partial charge in [-0.15, -0.1) is 12.3 Å². The SMILES string of the molecule is C#CCC(NC(=O)[C@H]1CCCC[C@H]1CNC(=O)OCC1c2ccccc2-c2ccccc21)C(=O)O. The number of carbonyl (C=O) groups excluding carboxylic acids is 2. The number of fused-ring (bicyclic) bond motifs is 3. The summed E-state index contributed by atoms with van der Waals surface area (Å²) >= 11 is 0. The topological polar surface area (TPSA) is 105 Å².